The summed E-state index contributed by atoms with van der Waals surface area (Å²) in [6, 6.07) is 17.7. The molecular formula is C26H35NO3. The molecule has 162 valence electrons. The van der Waals surface area contributed by atoms with Crippen LogP contribution in [-0.2, 0) is 0 Å². The van der Waals surface area contributed by atoms with E-state index in [9.17, 15) is 5.11 Å². The van der Waals surface area contributed by atoms with Crippen LogP contribution in [-0.4, -0.2) is 46.4 Å². The van der Waals surface area contributed by atoms with Gasteiger partial charge in [-0.15, -0.1) is 0 Å². The van der Waals surface area contributed by atoms with E-state index in [1.165, 1.54) is 0 Å². The summed E-state index contributed by atoms with van der Waals surface area (Å²) >= 11 is 0. The fourth-order valence-corrected chi connectivity index (χ4v) is 4.65. The normalized spacial score (nSPS) is 19.8. The number of benzene rings is 2. The number of β-amino-alcohol motifs (C(OH)–C–C–N with tert-alkyl or cyclic N) is 1. The molecule has 0 aromatic heterocycles. The minimum atomic E-state index is -0.575. The Morgan fingerprint density at radius 3 is 2.17 bits per heavy atom. The van der Waals surface area contributed by atoms with Crippen molar-refractivity contribution < 1.29 is 14.6 Å². The zero-order valence-electron chi connectivity index (χ0n) is 18.7. The maximum atomic E-state index is 10.7. The number of nitrogens with zero attached hydrogens (tertiary/aromatic N) is 1. The molecule has 1 N–H and O–H groups in total. The van der Waals surface area contributed by atoms with Gasteiger partial charge in [-0.05, 0) is 57.5 Å². The maximum absolute atomic E-state index is 10.7. The fourth-order valence-electron chi connectivity index (χ4n) is 4.65. The van der Waals surface area contributed by atoms with Crippen LogP contribution in [0.25, 0.3) is 6.08 Å². The van der Waals surface area contributed by atoms with Crippen LogP contribution in [0.1, 0.15) is 46.1 Å². The number of para-hydroxylation sites is 1. The average molecular weight is 410 g/mol. The van der Waals surface area contributed by atoms with Gasteiger partial charge in [-0.25, -0.2) is 0 Å². The Balaban J connectivity index is 1.59. The first-order valence-electron chi connectivity index (χ1n) is 10.7. The van der Waals surface area contributed by atoms with Crippen molar-refractivity contribution in [2.45, 2.75) is 63.8 Å². The Morgan fingerprint density at radius 2 is 1.60 bits per heavy atom. The largest absolute Gasteiger partial charge is 0.491 e. The summed E-state index contributed by atoms with van der Waals surface area (Å²) in [5.74, 6) is 1.67. The Hall–Kier alpha value is -2.30. The second-order valence-corrected chi connectivity index (χ2v) is 9.43. The van der Waals surface area contributed by atoms with E-state index in [1.54, 1.807) is 6.08 Å². The molecule has 4 heteroatoms. The lowest BCUT2D eigenvalue weighted by Crippen LogP contribution is -2.64. The van der Waals surface area contributed by atoms with E-state index < -0.39 is 6.10 Å². The zero-order chi connectivity index (χ0) is 21.8. The van der Waals surface area contributed by atoms with Crippen LogP contribution in [0.2, 0.25) is 0 Å². The first-order chi connectivity index (χ1) is 14.2. The third-order valence-corrected chi connectivity index (χ3v) is 5.91. The van der Waals surface area contributed by atoms with Gasteiger partial charge in [0.15, 0.2) is 0 Å². The zero-order valence-corrected chi connectivity index (χ0v) is 18.7. The Bertz CT molecular complexity index is 796. The molecule has 1 atom stereocenters. The molecular weight excluding hydrogens is 374 g/mol. The lowest BCUT2D eigenvalue weighted by molar-refractivity contribution is -0.0941. The van der Waals surface area contributed by atoms with Crippen molar-refractivity contribution in [1.82, 2.24) is 4.90 Å². The fraction of sp³-hybridized carbons (Fsp3) is 0.462. The molecule has 0 amide bonds. The van der Waals surface area contributed by atoms with E-state index in [2.05, 4.69) is 39.2 Å². The van der Waals surface area contributed by atoms with Crippen LogP contribution in [0.15, 0.2) is 61.2 Å². The number of likely N-dealkylation sites (tertiary alicyclic amines) is 1. The van der Waals surface area contributed by atoms with Gasteiger partial charge in [-0.3, -0.25) is 4.90 Å². The average Bonchev–Trinajstić information content (AvgIpc) is 2.70. The second-order valence-electron chi connectivity index (χ2n) is 9.43. The van der Waals surface area contributed by atoms with Crippen molar-refractivity contribution >= 4 is 6.08 Å². The molecule has 4 nitrogen and oxygen atoms in total. The molecule has 30 heavy (non-hydrogen) atoms. The predicted octanol–water partition coefficient (Wildman–Crippen LogP) is 5.17. The van der Waals surface area contributed by atoms with Crippen LogP contribution >= 0.6 is 0 Å². The summed E-state index contributed by atoms with van der Waals surface area (Å²) in [5, 5.41) is 10.7. The molecule has 3 rings (SSSR count). The van der Waals surface area contributed by atoms with Crippen molar-refractivity contribution in [3.8, 4) is 11.5 Å². The molecule has 0 saturated carbocycles. The standard InChI is InChI=1S/C26H35NO3/c1-6-20-12-14-22(15-13-20)29-19-21(28)18-27-25(2,3)16-24(17-26(27,4)5)30-23-10-8-7-9-11-23/h6-15,21,24,28H,1,16-19H2,2-5H3. The van der Waals surface area contributed by atoms with Gasteiger partial charge in [-0.2, -0.15) is 0 Å². The van der Waals surface area contributed by atoms with E-state index in [0.717, 1.165) is 29.9 Å². The van der Waals surface area contributed by atoms with Crippen LogP contribution in [0, 0.1) is 0 Å². The van der Waals surface area contributed by atoms with E-state index in [4.69, 9.17) is 9.47 Å². The number of piperidine rings is 1. The highest BCUT2D eigenvalue weighted by Crippen LogP contribution is 2.40. The molecule has 0 radical (unpaired) electrons. The van der Waals surface area contributed by atoms with Gasteiger partial charge < -0.3 is 14.6 Å². The van der Waals surface area contributed by atoms with Gasteiger partial charge in [0.1, 0.15) is 30.3 Å². The molecule has 1 aliphatic heterocycles. The molecule has 1 fully saturated rings. The van der Waals surface area contributed by atoms with Gasteiger partial charge in [0, 0.05) is 30.5 Å². The van der Waals surface area contributed by atoms with E-state index in [1.807, 2.05) is 54.6 Å². The lowest BCUT2D eigenvalue weighted by atomic mass is 9.77. The molecule has 1 aliphatic rings. The van der Waals surface area contributed by atoms with Crippen LogP contribution < -0.4 is 9.47 Å². The number of ether oxygens (including phenoxy) is 2. The number of aliphatic hydroxyl groups is 1. The van der Waals surface area contributed by atoms with Gasteiger partial charge in [0.05, 0.1) is 0 Å². The Morgan fingerprint density at radius 1 is 1.00 bits per heavy atom. The van der Waals surface area contributed by atoms with Crippen molar-refractivity contribution in [3.63, 3.8) is 0 Å². The van der Waals surface area contributed by atoms with Gasteiger partial charge in [0.2, 0.25) is 0 Å². The summed E-state index contributed by atoms with van der Waals surface area (Å²) in [4.78, 5) is 2.40. The van der Waals surface area contributed by atoms with Crippen LogP contribution in [0.4, 0.5) is 0 Å². The monoisotopic (exact) mass is 409 g/mol. The maximum Gasteiger partial charge on any atom is 0.119 e. The molecule has 1 saturated heterocycles. The Kier molecular flexibility index (Phi) is 6.89. The summed E-state index contributed by atoms with van der Waals surface area (Å²) in [5.41, 5.74) is 0.841. The third kappa shape index (κ3) is 5.65. The number of hydrogen-bond donors (Lipinski definition) is 1. The number of hydrogen-bond acceptors (Lipinski definition) is 4. The van der Waals surface area contributed by atoms with Gasteiger partial charge >= 0.3 is 0 Å². The molecule has 0 spiro atoms. The first kappa shape index (κ1) is 22.4. The minimum absolute atomic E-state index is 0.103. The smallest absolute Gasteiger partial charge is 0.119 e. The molecule has 0 aliphatic carbocycles. The lowest BCUT2D eigenvalue weighted by Gasteiger charge is -2.55. The molecule has 1 unspecified atom stereocenters. The van der Waals surface area contributed by atoms with Gasteiger partial charge in [-0.1, -0.05) is 43.0 Å². The summed E-state index contributed by atoms with van der Waals surface area (Å²) in [6.07, 6.45) is 3.18. The van der Waals surface area contributed by atoms with Gasteiger partial charge in [0.25, 0.3) is 0 Å². The molecule has 0 bridgehead atoms. The highest BCUT2D eigenvalue weighted by Gasteiger charge is 2.46. The van der Waals surface area contributed by atoms with E-state index in [-0.39, 0.29) is 23.8 Å². The molecule has 2 aromatic rings. The van der Waals surface area contributed by atoms with Crippen molar-refractivity contribution in [3.05, 3.63) is 66.7 Å². The highest BCUT2D eigenvalue weighted by molar-refractivity contribution is 5.48. The van der Waals surface area contributed by atoms with Crippen LogP contribution in [0.3, 0.4) is 0 Å². The summed E-state index contributed by atoms with van der Waals surface area (Å²) in [6.45, 7) is 13.5. The van der Waals surface area contributed by atoms with E-state index >= 15 is 0 Å². The second kappa shape index (κ2) is 9.23. The summed E-state index contributed by atoms with van der Waals surface area (Å²) < 4.78 is 12.1. The van der Waals surface area contributed by atoms with Crippen LogP contribution in [0.5, 0.6) is 11.5 Å². The minimum Gasteiger partial charge on any atom is -0.491 e. The van der Waals surface area contributed by atoms with Crippen molar-refractivity contribution in [1.29, 1.82) is 0 Å². The quantitative estimate of drug-likeness (QED) is 0.653. The third-order valence-electron chi connectivity index (χ3n) is 5.91. The van der Waals surface area contributed by atoms with Crippen molar-refractivity contribution in [2.24, 2.45) is 0 Å². The highest BCUT2D eigenvalue weighted by atomic mass is 16.5. The summed E-state index contributed by atoms with van der Waals surface area (Å²) in [7, 11) is 0. The Labute approximate surface area is 181 Å². The van der Waals surface area contributed by atoms with Crippen molar-refractivity contribution in [2.75, 3.05) is 13.2 Å². The molecule has 1 heterocycles. The predicted molar refractivity (Wildman–Crippen MR) is 123 cm³/mol. The SMILES string of the molecule is C=Cc1ccc(OCC(O)CN2C(C)(C)CC(Oc3ccccc3)CC2(C)C)cc1. The molecule has 2 aromatic carbocycles. The number of rotatable bonds is 8. The number of aliphatic hydroxyl groups excluding tert-OH is 1. The first-order valence-corrected chi connectivity index (χ1v) is 10.7. The topological polar surface area (TPSA) is 41.9 Å². The van der Waals surface area contributed by atoms with E-state index in [0.29, 0.717) is 6.54 Å².